The van der Waals surface area contributed by atoms with E-state index in [1.807, 2.05) is 18.2 Å². The predicted octanol–water partition coefficient (Wildman–Crippen LogP) is 2.76. The number of rotatable bonds is 6. The van der Waals surface area contributed by atoms with Gasteiger partial charge in [-0.05, 0) is 48.2 Å². The molecule has 2 aromatic rings. The van der Waals surface area contributed by atoms with E-state index in [1.54, 1.807) is 31.5 Å². The molecule has 0 aliphatic carbocycles. The minimum absolute atomic E-state index is 0.0891. The summed E-state index contributed by atoms with van der Waals surface area (Å²) in [7, 11) is -2.05. The molecule has 0 atom stereocenters. The number of methoxy groups -OCH3 is 1. The largest absolute Gasteiger partial charge is 0.496 e. The molecule has 0 spiro atoms. The molecular weight excluding hydrogens is 336 g/mol. The summed E-state index contributed by atoms with van der Waals surface area (Å²) < 4.78 is 27.6. The first-order valence-electron chi connectivity index (χ1n) is 6.75. The summed E-state index contributed by atoms with van der Waals surface area (Å²) in [5.41, 5.74) is 1.79. The molecule has 0 aliphatic rings. The Labute approximate surface area is 140 Å². The van der Waals surface area contributed by atoms with E-state index in [1.165, 1.54) is 12.1 Å². The summed E-state index contributed by atoms with van der Waals surface area (Å²) >= 11 is 5.97. The highest BCUT2D eigenvalue weighted by Crippen LogP contribution is 2.22. The van der Waals surface area contributed by atoms with E-state index in [0.717, 1.165) is 16.9 Å². The number of hydrogen-bond acceptors (Lipinski definition) is 4. The number of hydrogen-bond donors (Lipinski definition) is 2. The highest BCUT2D eigenvalue weighted by atomic mass is 35.5. The Morgan fingerprint density at radius 3 is 2.52 bits per heavy atom. The van der Waals surface area contributed by atoms with Crippen molar-refractivity contribution in [2.24, 2.45) is 5.14 Å². The van der Waals surface area contributed by atoms with E-state index in [-0.39, 0.29) is 4.90 Å². The number of halogens is 1. The van der Waals surface area contributed by atoms with Crippen molar-refractivity contribution in [1.82, 2.24) is 5.32 Å². The smallest absolute Gasteiger partial charge is 0.238 e. The lowest BCUT2D eigenvalue weighted by Crippen LogP contribution is -2.11. The van der Waals surface area contributed by atoms with Gasteiger partial charge in [0, 0.05) is 17.1 Å². The van der Waals surface area contributed by atoms with Crippen LogP contribution >= 0.6 is 11.6 Å². The Balaban J connectivity index is 1.99. The van der Waals surface area contributed by atoms with Crippen molar-refractivity contribution in [3.05, 3.63) is 64.8 Å². The maximum Gasteiger partial charge on any atom is 0.238 e. The molecule has 2 aromatic carbocycles. The van der Waals surface area contributed by atoms with Crippen molar-refractivity contribution in [2.45, 2.75) is 11.4 Å². The molecule has 23 heavy (non-hydrogen) atoms. The summed E-state index contributed by atoms with van der Waals surface area (Å²) in [4.78, 5) is 0.0891. The first-order valence-corrected chi connectivity index (χ1v) is 8.68. The molecule has 0 fully saturated rings. The molecule has 2 rings (SSSR count). The maximum atomic E-state index is 11.2. The van der Waals surface area contributed by atoms with Crippen LogP contribution in [0.4, 0.5) is 0 Å². The molecule has 0 saturated carbocycles. The number of nitrogens with two attached hydrogens (primary N) is 1. The molecule has 0 unspecified atom stereocenters. The molecular formula is C16H17ClN2O3S. The lowest BCUT2D eigenvalue weighted by atomic mass is 10.2. The van der Waals surface area contributed by atoms with Crippen LogP contribution in [-0.2, 0) is 16.6 Å². The van der Waals surface area contributed by atoms with Gasteiger partial charge < -0.3 is 10.1 Å². The summed E-state index contributed by atoms with van der Waals surface area (Å²) in [5, 5.41) is 8.83. The molecule has 0 radical (unpaired) electrons. The number of nitrogens with one attached hydrogen (secondary N) is 1. The molecule has 0 saturated heterocycles. The molecule has 0 aromatic heterocycles. The third-order valence-corrected chi connectivity index (χ3v) is 4.30. The fourth-order valence-electron chi connectivity index (χ4n) is 1.98. The van der Waals surface area contributed by atoms with Gasteiger partial charge in [-0.25, -0.2) is 13.6 Å². The van der Waals surface area contributed by atoms with Crippen molar-refractivity contribution < 1.29 is 13.2 Å². The number of sulfonamides is 1. The van der Waals surface area contributed by atoms with Gasteiger partial charge >= 0.3 is 0 Å². The molecule has 122 valence electrons. The van der Waals surface area contributed by atoms with Crippen LogP contribution in [0.1, 0.15) is 11.1 Å². The highest BCUT2D eigenvalue weighted by molar-refractivity contribution is 7.89. The van der Waals surface area contributed by atoms with Gasteiger partial charge in [-0.3, -0.25) is 0 Å². The normalized spacial score (nSPS) is 11.6. The van der Waals surface area contributed by atoms with Crippen LogP contribution < -0.4 is 15.2 Å². The van der Waals surface area contributed by atoms with Gasteiger partial charge in [0.05, 0.1) is 12.0 Å². The van der Waals surface area contributed by atoms with Crippen molar-refractivity contribution in [1.29, 1.82) is 0 Å². The monoisotopic (exact) mass is 352 g/mol. The molecule has 0 bridgehead atoms. The summed E-state index contributed by atoms with van der Waals surface area (Å²) in [6.07, 6.45) is 3.59. The van der Waals surface area contributed by atoms with Gasteiger partial charge in [0.15, 0.2) is 0 Å². The van der Waals surface area contributed by atoms with Crippen LogP contribution in [-0.4, -0.2) is 15.5 Å². The zero-order chi connectivity index (χ0) is 16.9. The van der Waals surface area contributed by atoms with Crippen molar-refractivity contribution in [3.63, 3.8) is 0 Å². The van der Waals surface area contributed by atoms with Crippen LogP contribution in [0.3, 0.4) is 0 Å². The summed E-state index contributed by atoms with van der Waals surface area (Å²) in [5.74, 6) is 0.757. The van der Waals surface area contributed by atoms with Gasteiger partial charge in [0.1, 0.15) is 5.75 Å². The third-order valence-electron chi connectivity index (χ3n) is 3.14. The first-order chi connectivity index (χ1) is 10.9. The Bertz CT molecular complexity index is 803. The SMILES string of the molecule is COc1ccc(Cl)cc1CN/C=C/c1ccc(S(N)(=O)=O)cc1. The van der Waals surface area contributed by atoms with Crippen LogP contribution in [0.15, 0.2) is 53.6 Å². The van der Waals surface area contributed by atoms with Gasteiger partial charge in [0.25, 0.3) is 0 Å². The van der Waals surface area contributed by atoms with Crippen molar-refractivity contribution in [2.75, 3.05) is 7.11 Å². The quantitative estimate of drug-likeness (QED) is 0.837. The Morgan fingerprint density at radius 1 is 1.22 bits per heavy atom. The molecule has 3 N–H and O–H groups in total. The minimum Gasteiger partial charge on any atom is -0.496 e. The van der Waals surface area contributed by atoms with Crippen LogP contribution in [0.5, 0.6) is 5.75 Å². The van der Waals surface area contributed by atoms with Gasteiger partial charge in [0.2, 0.25) is 10.0 Å². The van der Waals surface area contributed by atoms with E-state index in [9.17, 15) is 8.42 Å². The third kappa shape index (κ3) is 4.99. The van der Waals surface area contributed by atoms with E-state index in [0.29, 0.717) is 11.6 Å². The summed E-state index contributed by atoms with van der Waals surface area (Å²) in [6.45, 7) is 0.551. The zero-order valence-corrected chi connectivity index (χ0v) is 14.1. The molecule has 5 nitrogen and oxygen atoms in total. The van der Waals surface area contributed by atoms with Crippen LogP contribution in [0.25, 0.3) is 6.08 Å². The van der Waals surface area contributed by atoms with E-state index < -0.39 is 10.0 Å². The molecule has 0 heterocycles. The standard InChI is InChI=1S/C16H17ClN2O3S/c1-22-16-7-4-14(17)10-13(16)11-19-9-8-12-2-5-15(6-3-12)23(18,20)21/h2-10,19H,11H2,1H3,(H2,18,20,21)/b9-8+. The number of primary sulfonamides is 1. The second-order valence-electron chi connectivity index (χ2n) is 4.78. The van der Waals surface area contributed by atoms with E-state index >= 15 is 0 Å². The average molecular weight is 353 g/mol. The van der Waals surface area contributed by atoms with Gasteiger partial charge in [-0.1, -0.05) is 23.7 Å². The fraction of sp³-hybridized carbons (Fsp3) is 0.125. The lowest BCUT2D eigenvalue weighted by Gasteiger charge is -2.08. The first kappa shape index (κ1) is 17.3. The van der Waals surface area contributed by atoms with E-state index in [4.69, 9.17) is 21.5 Å². The molecule has 0 amide bonds. The number of benzene rings is 2. The second-order valence-corrected chi connectivity index (χ2v) is 6.78. The molecule has 0 aliphatic heterocycles. The van der Waals surface area contributed by atoms with Crippen molar-refractivity contribution >= 4 is 27.7 Å². The van der Waals surface area contributed by atoms with Crippen molar-refractivity contribution in [3.8, 4) is 5.75 Å². The minimum atomic E-state index is -3.66. The fourth-order valence-corrected chi connectivity index (χ4v) is 2.69. The highest BCUT2D eigenvalue weighted by Gasteiger charge is 2.05. The average Bonchev–Trinajstić information content (AvgIpc) is 2.51. The predicted molar refractivity (Wildman–Crippen MR) is 91.7 cm³/mol. The van der Waals surface area contributed by atoms with Gasteiger partial charge in [-0.2, -0.15) is 0 Å². The number of ether oxygens (including phenoxy) is 1. The van der Waals surface area contributed by atoms with E-state index in [2.05, 4.69) is 5.32 Å². The second kappa shape index (κ2) is 7.50. The Kier molecular flexibility index (Phi) is 5.65. The van der Waals surface area contributed by atoms with Crippen LogP contribution in [0.2, 0.25) is 5.02 Å². The Hall–Kier alpha value is -2.02. The zero-order valence-electron chi connectivity index (χ0n) is 12.5. The Morgan fingerprint density at radius 2 is 1.91 bits per heavy atom. The molecule has 7 heteroatoms. The lowest BCUT2D eigenvalue weighted by molar-refractivity contribution is 0.409. The summed E-state index contributed by atoms with van der Waals surface area (Å²) in [6, 6.07) is 11.7. The van der Waals surface area contributed by atoms with Gasteiger partial charge in [-0.15, -0.1) is 0 Å². The topological polar surface area (TPSA) is 81.4 Å². The maximum absolute atomic E-state index is 11.2. The van der Waals surface area contributed by atoms with Crippen LogP contribution in [0, 0.1) is 0 Å².